The van der Waals surface area contributed by atoms with Crippen molar-refractivity contribution in [3.63, 3.8) is 0 Å². The summed E-state index contributed by atoms with van der Waals surface area (Å²) in [7, 11) is 0.171. The highest BCUT2D eigenvalue weighted by molar-refractivity contribution is 7.95. The lowest BCUT2D eigenvalue weighted by Crippen LogP contribution is -2.03. The first kappa shape index (κ1) is 13.1. The van der Waals surface area contributed by atoms with E-state index in [1.54, 1.807) is 12.1 Å². The lowest BCUT2D eigenvalue weighted by atomic mass is 10.1. The van der Waals surface area contributed by atoms with Gasteiger partial charge in [-0.25, -0.2) is 0 Å². The van der Waals surface area contributed by atoms with Crippen LogP contribution in [0, 0.1) is 0 Å². The standard InChI is InChI=1S/C18H16OS/c1-20(13-14-6-9-17(19)10-7-14)18-11-8-15-4-2-3-5-16(15)12-18/h2-12H,13H2,1H3/p+1. The molecule has 0 fully saturated rings. The molecule has 0 aliphatic carbocycles. The molecule has 0 saturated heterocycles. The molecule has 0 heterocycles. The number of hydrogen-bond acceptors (Lipinski definition) is 1. The van der Waals surface area contributed by atoms with Gasteiger partial charge in [0.1, 0.15) is 17.8 Å². The first-order chi connectivity index (χ1) is 9.72. The van der Waals surface area contributed by atoms with Crippen LogP contribution in [0.4, 0.5) is 0 Å². The number of fused-ring (bicyclic) bond motifs is 1. The Bertz CT molecular complexity index is 719. The Labute approximate surface area is 122 Å². The average Bonchev–Trinajstić information content (AvgIpc) is 2.49. The first-order valence-corrected chi connectivity index (χ1v) is 8.42. The maximum absolute atomic E-state index is 9.33. The van der Waals surface area contributed by atoms with Gasteiger partial charge in [0.15, 0.2) is 4.90 Å². The van der Waals surface area contributed by atoms with Crippen molar-refractivity contribution in [2.24, 2.45) is 0 Å². The van der Waals surface area contributed by atoms with Crippen LogP contribution in [0.2, 0.25) is 0 Å². The second-order valence-electron chi connectivity index (χ2n) is 4.96. The second-order valence-corrected chi connectivity index (χ2v) is 6.99. The van der Waals surface area contributed by atoms with Gasteiger partial charge in [0, 0.05) is 22.5 Å². The van der Waals surface area contributed by atoms with Gasteiger partial charge in [-0.15, -0.1) is 0 Å². The maximum Gasteiger partial charge on any atom is 0.155 e. The summed E-state index contributed by atoms with van der Waals surface area (Å²) in [4.78, 5) is 1.39. The van der Waals surface area contributed by atoms with Gasteiger partial charge in [-0.05, 0) is 35.0 Å². The topological polar surface area (TPSA) is 20.2 Å². The Balaban J connectivity index is 1.84. The summed E-state index contributed by atoms with van der Waals surface area (Å²) in [6, 6.07) is 22.7. The van der Waals surface area contributed by atoms with Gasteiger partial charge in [0.25, 0.3) is 0 Å². The van der Waals surface area contributed by atoms with Crippen LogP contribution in [0.3, 0.4) is 0 Å². The molecule has 0 aliphatic rings. The molecule has 1 nitrogen and oxygen atoms in total. The van der Waals surface area contributed by atoms with Gasteiger partial charge in [-0.1, -0.05) is 36.4 Å². The molecule has 0 aromatic heterocycles. The monoisotopic (exact) mass is 281 g/mol. The Morgan fingerprint density at radius 1 is 0.850 bits per heavy atom. The Morgan fingerprint density at radius 3 is 2.30 bits per heavy atom. The lowest BCUT2D eigenvalue weighted by molar-refractivity contribution is 0.475. The molecule has 0 amide bonds. The van der Waals surface area contributed by atoms with Gasteiger partial charge in [0.05, 0.1) is 0 Å². The average molecular weight is 281 g/mol. The smallest absolute Gasteiger partial charge is 0.155 e. The summed E-state index contributed by atoms with van der Waals surface area (Å²) in [5.41, 5.74) is 1.27. The van der Waals surface area contributed by atoms with Crippen molar-refractivity contribution in [3.05, 3.63) is 72.3 Å². The molecule has 2 heteroatoms. The maximum atomic E-state index is 9.33. The molecule has 20 heavy (non-hydrogen) atoms. The third kappa shape index (κ3) is 2.81. The van der Waals surface area contributed by atoms with Crippen molar-refractivity contribution in [1.29, 1.82) is 0 Å². The molecule has 0 saturated carbocycles. The number of phenolic OH excluding ortho intramolecular Hbond substituents is 1. The number of benzene rings is 3. The summed E-state index contributed by atoms with van der Waals surface area (Å²) in [6.07, 6.45) is 2.27. The number of phenols is 1. The quantitative estimate of drug-likeness (QED) is 0.708. The lowest BCUT2D eigenvalue weighted by Gasteiger charge is -2.05. The molecule has 1 unspecified atom stereocenters. The molecule has 3 rings (SSSR count). The van der Waals surface area contributed by atoms with Gasteiger partial charge < -0.3 is 5.11 Å². The molecular weight excluding hydrogens is 264 g/mol. The summed E-state index contributed by atoms with van der Waals surface area (Å²) in [6.45, 7) is 0. The predicted octanol–water partition coefficient (Wildman–Crippen LogP) is 4.35. The molecule has 1 atom stereocenters. The fraction of sp³-hybridized carbons (Fsp3) is 0.111. The second kappa shape index (κ2) is 5.59. The Kier molecular flexibility index (Phi) is 3.66. The zero-order valence-corrected chi connectivity index (χ0v) is 12.2. The van der Waals surface area contributed by atoms with E-state index in [1.165, 1.54) is 21.2 Å². The highest BCUT2D eigenvalue weighted by atomic mass is 32.2. The molecule has 0 bridgehead atoms. The number of rotatable bonds is 3. The molecule has 3 aromatic carbocycles. The van der Waals surface area contributed by atoms with Crippen molar-refractivity contribution < 1.29 is 5.11 Å². The van der Waals surface area contributed by atoms with E-state index in [9.17, 15) is 5.11 Å². The molecule has 0 aliphatic heterocycles. The highest BCUT2D eigenvalue weighted by Crippen LogP contribution is 2.23. The van der Waals surface area contributed by atoms with E-state index < -0.39 is 0 Å². The van der Waals surface area contributed by atoms with Crippen LogP contribution in [0.1, 0.15) is 5.56 Å². The molecule has 100 valence electrons. The third-order valence-electron chi connectivity index (χ3n) is 3.44. The number of aromatic hydroxyl groups is 1. The fourth-order valence-corrected chi connectivity index (χ4v) is 3.80. The highest BCUT2D eigenvalue weighted by Gasteiger charge is 2.16. The van der Waals surface area contributed by atoms with E-state index in [4.69, 9.17) is 0 Å². The zero-order chi connectivity index (χ0) is 13.9. The minimum Gasteiger partial charge on any atom is -0.508 e. The predicted molar refractivity (Wildman–Crippen MR) is 87.3 cm³/mol. The van der Waals surface area contributed by atoms with E-state index in [0.717, 1.165) is 5.75 Å². The van der Waals surface area contributed by atoms with Gasteiger partial charge >= 0.3 is 0 Å². The minimum atomic E-state index is 0.171. The van der Waals surface area contributed by atoms with Crippen LogP contribution in [0.5, 0.6) is 5.75 Å². The molecule has 0 radical (unpaired) electrons. The van der Waals surface area contributed by atoms with Crippen molar-refractivity contribution in [2.45, 2.75) is 10.6 Å². The van der Waals surface area contributed by atoms with Crippen LogP contribution in [-0.2, 0) is 16.6 Å². The largest absolute Gasteiger partial charge is 0.508 e. The van der Waals surface area contributed by atoms with Crippen molar-refractivity contribution in [1.82, 2.24) is 0 Å². The molecular formula is C18H17OS+. The van der Waals surface area contributed by atoms with E-state index in [2.05, 4.69) is 48.7 Å². The third-order valence-corrected chi connectivity index (χ3v) is 5.27. The first-order valence-electron chi connectivity index (χ1n) is 6.61. The van der Waals surface area contributed by atoms with E-state index in [1.807, 2.05) is 12.1 Å². The molecule has 3 aromatic rings. The fourth-order valence-electron chi connectivity index (χ4n) is 2.31. The Morgan fingerprint density at radius 2 is 1.55 bits per heavy atom. The van der Waals surface area contributed by atoms with Crippen molar-refractivity contribution in [2.75, 3.05) is 6.26 Å². The van der Waals surface area contributed by atoms with Crippen LogP contribution in [-0.4, -0.2) is 11.4 Å². The Hall–Kier alpha value is -1.93. The van der Waals surface area contributed by atoms with E-state index in [0.29, 0.717) is 5.75 Å². The van der Waals surface area contributed by atoms with Crippen LogP contribution in [0.15, 0.2) is 71.6 Å². The van der Waals surface area contributed by atoms with Crippen LogP contribution < -0.4 is 0 Å². The summed E-state index contributed by atoms with van der Waals surface area (Å²) < 4.78 is 0. The van der Waals surface area contributed by atoms with Gasteiger partial charge in [-0.2, -0.15) is 0 Å². The van der Waals surface area contributed by atoms with Crippen LogP contribution in [0.25, 0.3) is 10.8 Å². The summed E-state index contributed by atoms with van der Waals surface area (Å²) in [5.74, 6) is 1.34. The summed E-state index contributed by atoms with van der Waals surface area (Å²) >= 11 is 0. The normalized spacial score (nSPS) is 12.4. The van der Waals surface area contributed by atoms with Crippen LogP contribution >= 0.6 is 0 Å². The van der Waals surface area contributed by atoms with Crippen molar-refractivity contribution >= 4 is 21.7 Å². The van der Waals surface area contributed by atoms with Crippen molar-refractivity contribution in [3.8, 4) is 5.75 Å². The minimum absolute atomic E-state index is 0.171. The van der Waals surface area contributed by atoms with Gasteiger partial charge in [-0.3, -0.25) is 0 Å². The summed E-state index contributed by atoms with van der Waals surface area (Å²) in [5, 5.41) is 11.9. The SMILES string of the molecule is C[S+](Cc1ccc(O)cc1)c1ccc2ccccc2c1. The van der Waals surface area contributed by atoms with E-state index in [-0.39, 0.29) is 10.9 Å². The molecule has 0 spiro atoms. The van der Waals surface area contributed by atoms with E-state index >= 15 is 0 Å². The van der Waals surface area contributed by atoms with Gasteiger partial charge in [0.2, 0.25) is 0 Å². The molecule has 1 N–H and O–H groups in total. The zero-order valence-electron chi connectivity index (χ0n) is 11.4. The number of hydrogen-bond donors (Lipinski definition) is 1.